The normalized spacial score (nSPS) is 19.1. The minimum absolute atomic E-state index is 0.263. The predicted molar refractivity (Wildman–Crippen MR) is 138 cm³/mol. The van der Waals surface area contributed by atoms with E-state index in [2.05, 4.69) is 4.98 Å². The summed E-state index contributed by atoms with van der Waals surface area (Å²) in [6, 6.07) is 17.3. The number of nitrogens with one attached hydrogen (secondary N) is 1. The van der Waals surface area contributed by atoms with E-state index in [0.717, 1.165) is 28.2 Å². The second-order valence-electron chi connectivity index (χ2n) is 9.72. The van der Waals surface area contributed by atoms with Gasteiger partial charge in [0.2, 0.25) is 0 Å². The molecule has 0 spiro atoms. The molecule has 2 aromatic carbocycles. The van der Waals surface area contributed by atoms with Gasteiger partial charge >= 0.3 is 12.1 Å². The van der Waals surface area contributed by atoms with Crippen molar-refractivity contribution in [2.75, 3.05) is 0 Å². The summed E-state index contributed by atoms with van der Waals surface area (Å²) in [6.07, 6.45) is 2.04. The number of rotatable bonds is 7. The molecule has 1 aliphatic carbocycles. The van der Waals surface area contributed by atoms with Crippen molar-refractivity contribution in [1.82, 2.24) is 4.98 Å². The topological polar surface area (TPSA) is 53.1 Å². The Morgan fingerprint density at radius 2 is 1.86 bits per heavy atom. The molecule has 0 radical (unpaired) electrons. The number of fused-ring (bicyclic) bond motifs is 1. The van der Waals surface area contributed by atoms with Crippen LogP contribution in [0.25, 0.3) is 17.0 Å². The highest BCUT2D eigenvalue weighted by molar-refractivity contribution is 5.85. The Kier molecular flexibility index (Phi) is 6.98. The molecule has 3 aromatic rings. The molecule has 0 aliphatic heterocycles. The van der Waals surface area contributed by atoms with Gasteiger partial charge in [0.05, 0.1) is 5.57 Å². The fraction of sp³-hybridized carbons (Fsp3) is 0.300. The molecule has 0 saturated carbocycles. The number of halogens is 3. The number of hydrogen-bond donors (Lipinski definition) is 2. The summed E-state index contributed by atoms with van der Waals surface area (Å²) in [6.45, 7) is 5.77. The van der Waals surface area contributed by atoms with Crippen LogP contribution < -0.4 is 0 Å². The van der Waals surface area contributed by atoms with E-state index in [0.29, 0.717) is 24.0 Å². The number of allylic oxidation sites excluding steroid dienone is 4. The van der Waals surface area contributed by atoms with Crippen molar-refractivity contribution >= 4 is 22.9 Å². The van der Waals surface area contributed by atoms with E-state index in [1.165, 1.54) is 12.2 Å². The van der Waals surface area contributed by atoms with E-state index in [-0.39, 0.29) is 11.8 Å². The van der Waals surface area contributed by atoms with Crippen LogP contribution in [0.3, 0.4) is 0 Å². The van der Waals surface area contributed by atoms with E-state index in [4.69, 9.17) is 5.11 Å². The summed E-state index contributed by atoms with van der Waals surface area (Å²) in [5, 5.41) is 9.94. The summed E-state index contributed by atoms with van der Waals surface area (Å²) >= 11 is 0. The van der Waals surface area contributed by atoms with Crippen LogP contribution in [0.1, 0.15) is 56.4 Å². The molecule has 6 heteroatoms. The summed E-state index contributed by atoms with van der Waals surface area (Å²) in [4.78, 5) is 14.4. The third-order valence-electron chi connectivity index (χ3n) is 7.40. The lowest BCUT2D eigenvalue weighted by atomic mass is 9.60. The molecule has 3 atom stereocenters. The van der Waals surface area contributed by atoms with E-state index in [1.54, 1.807) is 6.08 Å². The van der Waals surface area contributed by atoms with E-state index in [1.807, 2.05) is 75.4 Å². The Hall–Kier alpha value is -3.54. The number of H-pyrrole nitrogens is 1. The molecular weight excluding hydrogens is 463 g/mol. The van der Waals surface area contributed by atoms with Gasteiger partial charge in [0.15, 0.2) is 0 Å². The average Bonchev–Trinajstić information content (AvgIpc) is 3.26. The minimum Gasteiger partial charge on any atom is -0.478 e. The van der Waals surface area contributed by atoms with Crippen LogP contribution in [-0.2, 0) is 4.79 Å². The lowest BCUT2D eigenvalue weighted by molar-refractivity contribution is -0.131. The number of aromatic nitrogens is 1. The van der Waals surface area contributed by atoms with Crippen molar-refractivity contribution in [2.24, 2.45) is 11.3 Å². The molecule has 3 nitrogen and oxygen atoms in total. The zero-order chi connectivity index (χ0) is 26.1. The second-order valence-corrected chi connectivity index (χ2v) is 9.72. The molecule has 2 N–H and O–H groups in total. The van der Waals surface area contributed by atoms with Gasteiger partial charge in [0, 0.05) is 28.6 Å². The lowest BCUT2D eigenvalue weighted by Crippen LogP contribution is -2.35. The van der Waals surface area contributed by atoms with Crippen molar-refractivity contribution in [1.29, 1.82) is 0 Å². The number of benzene rings is 2. The van der Waals surface area contributed by atoms with Crippen LogP contribution in [0.5, 0.6) is 0 Å². The van der Waals surface area contributed by atoms with Crippen LogP contribution in [0.15, 0.2) is 84.0 Å². The number of carboxylic acids is 1. The smallest absolute Gasteiger partial charge is 0.416 e. The molecule has 1 heterocycles. The Labute approximate surface area is 209 Å². The third-order valence-corrected chi connectivity index (χ3v) is 7.40. The Bertz CT molecular complexity index is 1310. The number of carbonyl (C=O) groups is 1. The van der Waals surface area contributed by atoms with Crippen molar-refractivity contribution < 1.29 is 23.1 Å². The maximum absolute atomic E-state index is 14.3. The van der Waals surface area contributed by atoms with Gasteiger partial charge < -0.3 is 10.1 Å². The number of aliphatic carboxylic acids is 1. The predicted octanol–water partition coefficient (Wildman–Crippen LogP) is 8.27. The van der Waals surface area contributed by atoms with Crippen molar-refractivity contribution in [3.63, 3.8) is 0 Å². The molecule has 1 aliphatic rings. The van der Waals surface area contributed by atoms with Gasteiger partial charge in [-0.3, -0.25) is 0 Å². The third kappa shape index (κ3) is 4.90. The van der Waals surface area contributed by atoms with Gasteiger partial charge in [0.25, 0.3) is 0 Å². The monoisotopic (exact) mass is 493 g/mol. The van der Waals surface area contributed by atoms with Gasteiger partial charge in [-0.2, -0.15) is 13.2 Å². The minimum atomic E-state index is -4.45. The number of carboxylic acid groups (broad SMARTS) is 1. The van der Waals surface area contributed by atoms with E-state index < -0.39 is 23.1 Å². The first-order valence-corrected chi connectivity index (χ1v) is 12.1. The van der Waals surface area contributed by atoms with Crippen molar-refractivity contribution in [3.05, 3.63) is 101 Å². The van der Waals surface area contributed by atoms with E-state index in [9.17, 15) is 18.0 Å². The second kappa shape index (κ2) is 9.84. The maximum atomic E-state index is 14.3. The Balaban J connectivity index is 1.95. The SMILES string of the molecule is CCC(C)(C1=C(C(F)(F)F)C=CCC1C)C(c1ccc(/C=C/C(=O)O)cc1)c1cc2ccccc2[nH]1. The molecule has 0 amide bonds. The first kappa shape index (κ1) is 25.5. The fourth-order valence-corrected chi connectivity index (χ4v) is 5.64. The summed E-state index contributed by atoms with van der Waals surface area (Å²) < 4.78 is 42.9. The molecule has 0 bridgehead atoms. The first-order valence-electron chi connectivity index (χ1n) is 12.1. The van der Waals surface area contributed by atoms with Crippen molar-refractivity contribution in [2.45, 2.75) is 45.7 Å². The van der Waals surface area contributed by atoms with Crippen LogP contribution in [0.4, 0.5) is 13.2 Å². The van der Waals surface area contributed by atoms with Gasteiger partial charge in [-0.15, -0.1) is 0 Å². The molecule has 0 saturated heterocycles. The zero-order valence-electron chi connectivity index (χ0n) is 20.6. The van der Waals surface area contributed by atoms with Gasteiger partial charge in [-0.05, 0) is 59.1 Å². The van der Waals surface area contributed by atoms with Gasteiger partial charge in [-0.25, -0.2) is 4.79 Å². The highest BCUT2D eigenvalue weighted by atomic mass is 19.4. The number of hydrogen-bond acceptors (Lipinski definition) is 1. The van der Waals surface area contributed by atoms with Crippen molar-refractivity contribution in [3.8, 4) is 0 Å². The quantitative estimate of drug-likeness (QED) is 0.326. The van der Waals surface area contributed by atoms with Crippen LogP contribution in [0.2, 0.25) is 0 Å². The number of alkyl halides is 3. The molecule has 4 rings (SSSR count). The lowest BCUT2D eigenvalue weighted by Gasteiger charge is -2.44. The van der Waals surface area contributed by atoms with Crippen LogP contribution >= 0.6 is 0 Å². The summed E-state index contributed by atoms with van der Waals surface area (Å²) in [5.41, 5.74) is 2.40. The number of aromatic amines is 1. The molecule has 3 unspecified atom stereocenters. The molecular formula is C30H30F3NO2. The average molecular weight is 494 g/mol. The standard InChI is InChI=1S/C30H30F3NO2/c1-4-29(3,27-19(2)8-7-10-23(27)30(31,32)33)28(25-18-22-9-5-6-11-24(22)34-25)21-15-12-20(13-16-21)14-17-26(35)36/h5-7,9-19,28,34H,4,8H2,1-3H3,(H,35,36)/b17-14+. The highest BCUT2D eigenvalue weighted by Gasteiger charge is 2.47. The zero-order valence-corrected chi connectivity index (χ0v) is 20.6. The molecule has 36 heavy (non-hydrogen) atoms. The largest absolute Gasteiger partial charge is 0.478 e. The molecule has 1 aromatic heterocycles. The van der Waals surface area contributed by atoms with Gasteiger partial charge in [-0.1, -0.05) is 75.4 Å². The Morgan fingerprint density at radius 1 is 1.17 bits per heavy atom. The number of para-hydroxylation sites is 1. The maximum Gasteiger partial charge on any atom is 0.416 e. The van der Waals surface area contributed by atoms with Crippen LogP contribution in [0, 0.1) is 11.3 Å². The van der Waals surface area contributed by atoms with E-state index >= 15 is 0 Å². The first-order chi connectivity index (χ1) is 17.0. The molecule has 0 fully saturated rings. The van der Waals surface area contributed by atoms with Gasteiger partial charge in [0.1, 0.15) is 0 Å². The van der Waals surface area contributed by atoms with Crippen LogP contribution in [-0.4, -0.2) is 22.2 Å². The highest BCUT2D eigenvalue weighted by Crippen LogP contribution is 2.55. The molecule has 188 valence electrons. The fourth-order valence-electron chi connectivity index (χ4n) is 5.64. The summed E-state index contributed by atoms with van der Waals surface area (Å²) in [5.74, 6) is -1.69. The summed E-state index contributed by atoms with van der Waals surface area (Å²) in [7, 11) is 0. The Morgan fingerprint density at radius 3 is 2.47 bits per heavy atom.